The third kappa shape index (κ3) is 3.37. The van der Waals surface area contributed by atoms with Crippen molar-refractivity contribution in [1.82, 2.24) is 0 Å². The van der Waals surface area contributed by atoms with Crippen molar-refractivity contribution in [2.24, 2.45) is 0 Å². The summed E-state index contributed by atoms with van der Waals surface area (Å²) >= 11 is 0. The zero-order valence-electron chi connectivity index (χ0n) is 6.67. The second-order valence-electron chi connectivity index (χ2n) is 2.91. The van der Waals surface area contributed by atoms with Gasteiger partial charge in [0.25, 0.3) is 0 Å². The molecule has 62 valence electrons. The van der Waals surface area contributed by atoms with E-state index in [4.69, 9.17) is 4.78 Å². The Morgan fingerprint density at radius 2 is 2.36 bits per heavy atom. The topological polar surface area (TPSA) is 40.9 Å². The van der Waals surface area contributed by atoms with Gasteiger partial charge in [0, 0.05) is 16.0 Å². The summed E-state index contributed by atoms with van der Waals surface area (Å²) in [6, 6.07) is 0. The Morgan fingerprint density at radius 3 is 2.82 bits per heavy atom. The summed E-state index contributed by atoms with van der Waals surface area (Å²) in [4.78, 5) is 0. The molecular formula is C8H13NOS. The van der Waals surface area contributed by atoms with Crippen LogP contribution in [0.15, 0.2) is 23.8 Å². The number of hydrogen-bond acceptors (Lipinski definition) is 2. The minimum absolute atomic E-state index is 0.406. The summed E-state index contributed by atoms with van der Waals surface area (Å²) in [5.74, 6) is 0.406. The van der Waals surface area contributed by atoms with Crippen LogP contribution >= 0.6 is 0 Å². The lowest BCUT2D eigenvalue weighted by molar-refractivity contribution is 0.680. The van der Waals surface area contributed by atoms with E-state index >= 15 is 0 Å². The van der Waals surface area contributed by atoms with Gasteiger partial charge in [-0.15, -0.1) is 0 Å². The van der Waals surface area contributed by atoms with Crippen LogP contribution in [0.1, 0.15) is 12.8 Å². The summed E-state index contributed by atoms with van der Waals surface area (Å²) in [6.07, 6.45) is 9.70. The second-order valence-corrected chi connectivity index (χ2v) is 5.21. The van der Waals surface area contributed by atoms with Gasteiger partial charge in [0.1, 0.15) is 0 Å². The Bertz CT molecular complexity index is 285. The minimum atomic E-state index is -2.34. The zero-order chi connectivity index (χ0) is 8.32. The summed E-state index contributed by atoms with van der Waals surface area (Å²) < 4.78 is 18.3. The first kappa shape index (κ1) is 8.53. The van der Waals surface area contributed by atoms with Gasteiger partial charge in [-0.05, 0) is 18.4 Å². The van der Waals surface area contributed by atoms with Gasteiger partial charge < -0.3 is 0 Å². The third-order valence-electron chi connectivity index (χ3n) is 1.51. The van der Waals surface area contributed by atoms with Gasteiger partial charge in [0.2, 0.25) is 0 Å². The molecule has 0 aromatic carbocycles. The van der Waals surface area contributed by atoms with Crippen LogP contribution in [-0.2, 0) is 9.73 Å². The van der Waals surface area contributed by atoms with Crippen molar-refractivity contribution in [3.63, 3.8) is 0 Å². The molecule has 0 aromatic rings. The van der Waals surface area contributed by atoms with Crippen LogP contribution in [-0.4, -0.2) is 16.2 Å². The molecular weight excluding hydrogens is 158 g/mol. The summed E-state index contributed by atoms with van der Waals surface area (Å²) in [5.41, 5.74) is 1.05. The molecule has 0 aliphatic heterocycles. The maximum Gasteiger partial charge on any atom is 0.0560 e. The van der Waals surface area contributed by atoms with E-state index in [1.807, 2.05) is 6.08 Å². The molecule has 0 aromatic heterocycles. The Kier molecular flexibility index (Phi) is 2.49. The van der Waals surface area contributed by atoms with E-state index in [2.05, 4.69) is 12.2 Å². The van der Waals surface area contributed by atoms with E-state index in [0.29, 0.717) is 5.75 Å². The Hall–Kier alpha value is -0.570. The number of allylic oxidation sites excluding steroid dienone is 3. The van der Waals surface area contributed by atoms with Gasteiger partial charge in [-0.2, -0.15) is 0 Å². The fraction of sp³-hybridized carbons (Fsp3) is 0.500. The van der Waals surface area contributed by atoms with Gasteiger partial charge >= 0.3 is 0 Å². The Morgan fingerprint density at radius 1 is 1.64 bits per heavy atom. The number of rotatable bonds is 2. The van der Waals surface area contributed by atoms with E-state index in [1.54, 1.807) is 0 Å². The van der Waals surface area contributed by atoms with Crippen LogP contribution < -0.4 is 0 Å². The molecule has 1 N–H and O–H groups in total. The first-order valence-electron chi connectivity index (χ1n) is 3.65. The van der Waals surface area contributed by atoms with Crippen molar-refractivity contribution in [2.45, 2.75) is 12.8 Å². The summed E-state index contributed by atoms with van der Waals surface area (Å²) in [6.45, 7) is 0. The molecule has 0 spiro atoms. The predicted molar refractivity (Wildman–Crippen MR) is 48.1 cm³/mol. The van der Waals surface area contributed by atoms with E-state index in [9.17, 15) is 4.21 Å². The van der Waals surface area contributed by atoms with Crippen molar-refractivity contribution in [1.29, 1.82) is 4.78 Å². The minimum Gasteiger partial charge on any atom is -0.253 e. The van der Waals surface area contributed by atoms with Crippen molar-refractivity contribution in [2.75, 3.05) is 12.0 Å². The van der Waals surface area contributed by atoms with Crippen molar-refractivity contribution in [3.05, 3.63) is 23.8 Å². The molecule has 2 nitrogen and oxygen atoms in total. The van der Waals surface area contributed by atoms with Gasteiger partial charge in [-0.25, -0.2) is 4.21 Å². The standard InChI is InChI=1S/C8H13NOS/c1-11(9,10)7-8-5-3-2-4-6-8/h3,5-6,9H,2,4,7H2,1H3. The third-order valence-corrected chi connectivity index (χ3v) is 2.40. The largest absolute Gasteiger partial charge is 0.253 e. The molecule has 0 bridgehead atoms. The van der Waals surface area contributed by atoms with Crippen LogP contribution in [0.5, 0.6) is 0 Å². The van der Waals surface area contributed by atoms with Gasteiger partial charge in [0.05, 0.1) is 5.75 Å². The first-order valence-corrected chi connectivity index (χ1v) is 5.78. The van der Waals surface area contributed by atoms with Crippen LogP contribution in [0.2, 0.25) is 0 Å². The second kappa shape index (κ2) is 3.22. The highest BCUT2D eigenvalue weighted by Gasteiger charge is 2.02. The number of nitrogens with one attached hydrogen (secondary N) is 1. The quantitative estimate of drug-likeness (QED) is 0.677. The fourth-order valence-corrected chi connectivity index (χ4v) is 1.94. The van der Waals surface area contributed by atoms with Crippen LogP contribution in [0.3, 0.4) is 0 Å². The maximum atomic E-state index is 11.0. The molecule has 1 atom stereocenters. The molecule has 1 aliphatic rings. The molecule has 0 amide bonds. The number of hydrogen-bond donors (Lipinski definition) is 1. The highest BCUT2D eigenvalue weighted by molar-refractivity contribution is 7.91. The molecule has 1 rings (SSSR count). The van der Waals surface area contributed by atoms with Crippen LogP contribution in [0.25, 0.3) is 0 Å². The van der Waals surface area contributed by atoms with Gasteiger partial charge in [-0.3, -0.25) is 4.78 Å². The van der Waals surface area contributed by atoms with Crippen molar-refractivity contribution in [3.8, 4) is 0 Å². The van der Waals surface area contributed by atoms with Crippen LogP contribution in [0, 0.1) is 4.78 Å². The molecule has 11 heavy (non-hydrogen) atoms. The van der Waals surface area contributed by atoms with Crippen molar-refractivity contribution >= 4 is 9.73 Å². The molecule has 0 heterocycles. The molecule has 0 fully saturated rings. The highest BCUT2D eigenvalue weighted by atomic mass is 32.2. The summed E-state index contributed by atoms with van der Waals surface area (Å²) in [7, 11) is -2.34. The van der Waals surface area contributed by atoms with Crippen molar-refractivity contribution < 1.29 is 4.21 Å². The maximum absolute atomic E-state index is 11.0. The van der Waals surface area contributed by atoms with Gasteiger partial charge in [-0.1, -0.05) is 18.2 Å². The highest BCUT2D eigenvalue weighted by Crippen LogP contribution is 2.11. The SMILES string of the molecule is CS(=N)(=O)CC1=CCCC=C1. The zero-order valence-corrected chi connectivity index (χ0v) is 7.49. The molecule has 0 radical (unpaired) electrons. The lowest BCUT2D eigenvalue weighted by Gasteiger charge is -2.05. The lowest BCUT2D eigenvalue weighted by Crippen LogP contribution is -2.03. The molecule has 0 saturated carbocycles. The Balaban J connectivity index is 2.64. The predicted octanol–water partition coefficient (Wildman–Crippen LogP) is 1.94. The molecule has 1 unspecified atom stereocenters. The first-order chi connectivity index (χ1) is 5.08. The smallest absolute Gasteiger partial charge is 0.0560 e. The van der Waals surface area contributed by atoms with E-state index < -0.39 is 9.73 Å². The van der Waals surface area contributed by atoms with E-state index in [1.165, 1.54) is 6.26 Å². The fourth-order valence-electron chi connectivity index (χ4n) is 1.09. The average molecular weight is 171 g/mol. The Labute approximate surface area is 68.0 Å². The lowest BCUT2D eigenvalue weighted by atomic mass is 10.1. The normalized spacial score (nSPS) is 22.5. The van der Waals surface area contributed by atoms with E-state index in [0.717, 1.165) is 18.4 Å². The van der Waals surface area contributed by atoms with Crippen LogP contribution in [0.4, 0.5) is 0 Å². The molecule has 1 aliphatic carbocycles. The molecule has 3 heteroatoms. The average Bonchev–Trinajstić information content (AvgIpc) is 1.85. The summed E-state index contributed by atoms with van der Waals surface area (Å²) in [5, 5.41) is 0. The van der Waals surface area contributed by atoms with Gasteiger partial charge in [0.15, 0.2) is 0 Å². The molecule has 0 saturated heterocycles. The monoisotopic (exact) mass is 171 g/mol. The van der Waals surface area contributed by atoms with E-state index in [-0.39, 0.29) is 0 Å².